The van der Waals surface area contributed by atoms with Gasteiger partial charge in [0, 0.05) is 49.5 Å². The molecule has 0 radical (unpaired) electrons. The molecule has 2 heterocycles. The second-order valence-electron chi connectivity index (χ2n) is 15.2. The molecule has 21 heteroatoms. The largest absolute Gasteiger partial charge is 0.481 e. The van der Waals surface area contributed by atoms with Crippen LogP contribution in [0.15, 0.2) is 43.0 Å². The molecule has 3 rings (SSSR count). The van der Waals surface area contributed by atoms with Gasteiger partial charge in [0.1, 0.15) is 36.3 Å². The molecule has 21 nitrogen and oxygen atoms in total. The lowest BCUT2D eigenvalue weighted by molar-refractivity contribution is -0.142. The number of nitrogens with one attached hydrogen (secondary N) is 8. The molecule has 1 aromatic carbocycles. The number of amides is 6. The van der Waals surface area contributed by atoms with Crippen LogP contribution in [0.3, 0.4) is 0 Å². The van der Waals surface area contributed by atoms with Gasteiger partial charge < -0.3 is 57.2 Å². The van der Waals surface area contributed by atoms with Crippen molar-refractivity contribution in [3.63, 3.8) is 0 Å². The molecule has 0 aliphatic heterocycles. The highest BCUT2D eigenvalue weighted by atomic mass is 16.4. The summed E-state index contributed by atoms with van der Waals surface area (Å²) in [6, 6.07) is -1.52. The number of nitrogens with zero attached hydrogens (tertiary/aromatic N) is 1. The van der Waals surface area contributed by atoms with Crippen LogP contribution >= 0.6 is 0 Å². The molecule has 0 fully saturated rings. The monoisotopic (exact) mass is 853 g/mol. The van der Waals surface area contributed by atoms with E-state index in [4.69, 9.17) is 0 Å². The van der Waals surface area contributed by atoms with Crippen LogP contribution in [0.5, 0.6) is 0 Å². The van der Waals surface area contributed by atoms with E-state index in [1.807, 2.05) is 18.2 Å². The average molecular weight is 854 g/mol. The molecule has 61 heavy (non-hydrogen) atoms. The van der Waals surface area contributed by atoms with Crippen LogP contribution in [0.4, 0.5) is 0 Å². The zero-order valence-electron chi connectivity index (χ0n) is 34.6. The van der Waals surface area contributed by atoms with Gasteiger partial charge in [-0.3, -0.25) is 38.4 Å². The Balaban J connectivity index is 1.81. The van der Waals surface area contributed by atoms with Crippen molar-refractivity contribution in [3.8, 4) is 0 Å². The van der Waals surface area contributed by atoms with Crippen LogP contribution in [-0.2, 0) is 56.0 Å². The van der Waals surface area contributed by atoms with E-state index in [1.165, 1.54) is 12.5 Å². The van der Waals surface area contributed by atoms with Crippen molar-refractivity contribution in [1.29, 1.82) is 0 Å². The third-order valence-corrected chi connectivity index (χ3v) is 9.80. The quantitative estimate of drug-likeness (QED) is 0.0540. The maximum atomic E-state index is 13.9. The van der Waals surface area contributed by atoms with Gasteiger partial charge >= 0.3 is 17.9 Å². The van der Waals surface area contributed by atoms with Crippen molar-refractivity contribution in [1.82, 2.24) is 46.9 Å². The van der Waals surface area contributed by atoms with E-state index in [1.54, 1.807) is 40.0 Å². The fourth-order valence-electron chi connectivity index (χ4n) is 6.44. The van der Waals surface area contributed by atoms with Gasteiger partial charge in [0.2, 0.25) is 35.4 Å². The number of hydrogen-bond donors (Lipinski definition) is 11. The Hall–Kier alpha value is -6.80. The van der Waals surface area contributed by atoms with Crippen LogP contribution in [0.25, 0.3) is 10.9 Å². The zero-order valence-corrected chi connectivity index (χ0v) is 34.6. The van der Waals surface area contributed by atoms with Gasteiger partial charge in [-0.05, 0) is 36.3 Å². The Labute approximate surface area is 351 Å². The number of aromatic amines is 2. The molecule has 2 aromatic heterocycles. The summed E-state index contributed by atoms with van der Waals surface area (Å²) in [4.78, 5) is 126. The highest BCUT2D eigenvalue weighted by molar-refractivity contribution is 5.98. The first-order valence-electron chi connectivity index (χ1n) is 19.8. The summed E-state index contributed by atoms with van der Waals surface area (Å²) in [7, 11) is 0. The highest BCUT2D eigenvalue weighted by Crippen LogP contribution is 2.20. The minimum Gasteiger partial charge on any atom is -0.481 e. The number of aliphatic carboxylic acids is 3. The number of H-pyrrole nitrogens is 2. The minimum absolute atomic E-state index is 0.0176. The Morgan fingerprint density at radius 3 is 1.89 bits per heavy atom. The number of carbonyl (C=O) groups excluding carboxylic acids is 6. The van der Waals surface area contributed by atoms with E-state index in [2.05, 4.69) is 46.9 Å². The minimum atomic E-state index is -1.85. The van der Waals surface area contributed by atoms with Crippen molar-refractivity contribution in [3.05, 3.63) is 54.2 Å². The molecule has 332 valence electrons. The summed E-state index contributed by atoms with van der Waals surface area (Å²) in [5.74, 6) is -10.3. The highest BCUT2D eigenvalue weighted by Gasteiger charge is 2.36. The number of imidazole rings is 1. The molecule has 0 saturated carbocycles. The number of hydrogen-bond acceptors (Lipinski definition) is 10. The van der Waals surface area contributed by atoms with E-state index in [0.717, 1.165) is 17.8 Å². The Bertz CT molecular complexity index is 2030. The normalized spacial score (nSPS) is 14.6. The number of rotatable bonds is 25. The van der Waals surface area contributed by atoms with Gasteiger partial charge in [0.25, 0.3) is 0 Å². The summed E-state index contributed by atoms with van der Waals surface area (Å²) in [6.07, 6.45) is 2.52. The maximum Gasteiger partial charge on any atom is 0.326 e. The van der Waals surface area contributed by atoms with Gasteiger partial charge in [-0.2, -0.15) is 0 Å². The van der Waals surface area contributed by atoms with Gasteiger partial charge in [0.05, 0.1) is 18.4 Å². The van der Waals surface area contributed by atoms with Crippen LogP contribution in [0, 0.1) is 11.8 Å². The first kappa shape index (κ1) is 48.6. The van der Waals surface area contributed by atoms with Crippen LogP contribution in [0.2, 0.25) is 0 Å². The van der Waals surface area contributed by atoms with Gasteiger partial charge in [-0.25, -0.2) is 9.78 Å². The van der Waals surface area contributed by atoms with E-state index < -0.39 is 115 Å². The van der Waals surface area contributed by atoms with Crippen LogP contribution in [-0.4, -0.2) is 120 Å². The molecular formula is C40H55N9O12. The molecule has 7 atom stereocenters. The number of fused-ring (bicyclic) bond motifs is 1. The van der Waals surface area contributed by atoms with Crippen molar-refractivity contribution < 1.29 is 58.5 Å². The lowest BCUT2D eigenvalue weighted by Crippen LogP contribution is -2.60. The van der Waals surface area contributed by atoms with E-state index in [9.17, 15) is 58.5 Å². The number of para-hydroxylation sites is 1. The number of carbonyl (C=O) groups is 9. The summed E-state index contributed by atoms with van der Waals surface area (Å²) < 4.78 is 0. The molecule has 0 spiro atoms. The van der Waals surface area contributed by atoms with Crippen LogP contribution in [0.1, 0.15) is 78.0 Å². The third-order valence-electron chi connectivity index (χ3n) is 9.80. The zero-order chi connectivity index (χ0) is 45.4. The van der Waals surface area contributed by atoms with Gasteiger partial charge in [-0.15, -0.1) is 0 Å². The third kappa shape index (κ3) is 15.4. The van der Waals surface area contributed by atoms with Gasteiger partial charge in [0.15, 0.2) is 0 Å². The summed E-state index contributed by atoms with van der Waals surface area (Å²) >= 11 is 0. The standard InChI is InChI=1S/C40H55N9O12/c1-6-21(4)34(39(59)48-31(40(60)61)14-23-17-42-26-10-8-7-9-25(23)26)49-38(58)28(13-20(2)3)46-37(57)30(16-33(53)54)47-35(55)27(11-12-32(51)52)45-36(56)29(44-22(5)50)15-24-18-41-19-43-24/h7-10,17-21,27-31,34,42H,6,11-16H2,1-5H3,(H,41,43)(H,44,50)(H,45,56)(H,46,57)(H,47,55)(H,48,59)(H,49,58)(H,51,52)(H,53,54)(H,60,61)/t21-,27-,28-,29+,30-,31-,34-/m0/s1. The summed E-state index contributed by atoms with van der Waals surface area (Å²) in [5.41, 5.74) is 1.80. The summed E-state index contributed by atoms with van der Waals surface area (Å²) in [6.45, 7) is 8.06. The SMILES string of the molecule is CC[C@H](C)[C@H](NC(=O)[C@H](CC(C)C)NC(=O)[C@H](CC(=O)O)NC(=O)[C@H](CCC(=O)O)NC(=O)[C@@H](Cc1c[nH]cn1)NC(C)=O)C(=O)N[C@@H](Cc1c[nH]c2ccccc12)C(=O)O. The molecular weight excluding hydrogens is 798 g/mol. The molecule has 0 bridgehead atoms. The number of carboxylic acid groups (broad SMARTS) is 3. The predicted molar refractivity (Wildman–Crippen MR) is 217 cm³/mol. The first-order chi connectivity index (χ1) is 28.8. The van der Waals surface area contributed by atoms with Crippen molar-refractivity contribution in [2.24, 2.45) is 11.8 Å². The molecule has 0 unspecified atom stereocenters. The topological polar surface area (TPSA) is 331 Å². The average Bonchev–Trinajstić information content (AvgIpc) is 3.86. The van der Waals surface area contributed by atoms with Gasteiger partial charge in [-0.1, -0.05) is 52.3 Å². The fourth-order valence-corrected chi connectivity index (χ4v) is 6.44. The van der Waals surface area contributed by atoms with E-state index >= 15 is 0 Å². The number of carboxylic acids is 3. The molecule has 0 aliphatic carbocycles. The van der Waals surface area contributed by atoms with Crippen LogP contribution < -0.4 is 31.9 Å². The van der Waals surface area contributed by atoms with Crippen molar-refractivity contribution in [2.75, 3.05) is 0 Å². The second kappa shape index (κ2) is 23.1. The predicted octanol–water partition coefficient (Wildman–Crippen LogP) is 0.121. The molecule has 3 aromatic rings. The number of benzene rings is 1. The second-order valence-corrected chi connectivity index (χ2v) is 15.2. The first-order valence-corrected chi connectivity index (χ1v) is 19.8. The lowest BCUT2D eigenvalue weighted by atomic mass is 9.96. The molecule has 0 aliphatic rings. The smallest absolute Gasteiger partial charge is 0.326 e. The molecule has 6 amide bonds. The van der Waals surface area contributed by atoms with E-state index in [-0.39, 0.29) is 25.2 Å². The maximum absolute atomic E-state index is 13.9. The molecule has 11 N–H and O–H groups in total. The van der Waals surface area contributed by atoms with E-state index in [0.29, 0.717) is 17.7 Å². The molecule has 0 saturated heterocycles. The Morgan fingerprint density at radius 1 is 0.689 bits per heavy atom. The Morgan fingerprint density at radius 2 is 1.30 bits per heavy atom. The Kier molecular flexibility index (Phi) is 18.4. The number of aromatic nitrogens is 3. The summed E-state index contributed by atoms with van der Waals surface area (Å²) in [5, 5.41) is 44.5. The van der Waals surface area contributed by atoms with Crippen molar-refractivity contribution in [2.45, 2.75) is 116 Å². The fraction of sp³-hybridized carbons (Fsp3) is 0.500. The van der Waals surface area contributed by atoms with Crippen molar-refractivity contribution >= 4 is 64.3 Å². The lowest BCUT2D eigenvalue weighted by Gasteiger charge is -2.29.